The molecule has 4 aromatic rings. The second-order valence-corrected chi connectivity index (χ2v) is 6.03. The van der Waals surface area contributed by atoms with Crippen molar-refractivity contribution in [3.63, 3.8) is 0 Å². The van der Waals surface area contributed by atoms with Gasteiger partial charge in [0.2, 0.25) is 0 Å². The summed E-state index contributed by atoms with van der Waals surface area (Å²) in [5.41, 5.74) is 5.07. The van der Waals surface area contributed by atoms with Gasteiger partial charge in [-0.05, 0) is 61.5 Å². The Bertz CT molecular complexity index is 1110. The van der Waals surface area contributed by atoms with Gasteiger partial charge in [-0.25, -0.2) is 4.79 Å². The highest BCUT2D eigenvalue weighted by atomic mass is 16.5. The molecule has 0 atom stereocenters. The second kappa shape index (κ2) is 5.34. The van der Waals surface area contributed by atoms with E-state index < -0.39 is 0 Å². The minimum Gasteiger partial charge on any atom is -0.462 e. The van der Waals surface area contributed by atoms with Crippen molar-refractivity contribution in [2.24, 2.45) is 0 Å². The molecule has 0 aliphatic carbocycles. The Morgan fingerprint density at radius 3 is 2.75 bits per heavy atom. The van der Waals surface area contributed by atoms with E-state index in [1.165, 1.54) is 16.5 Å². The number of hydrogen-bond donors (Lipinski definition) is 1. The molecule has 4 rings (SSSR count). The van der Waals surface area contributed by atoms with Crippen LogP contribution in [-0.4, -0.2) is 22.5 Å². The zero-order chi connectivity index (χ0) is 16.8. The minimum absolute atomic E-state index is 0.284. The lowest BCUT2D eigenvalue weighted by atomic mass is 9.96. The highest BCUT2D eigenvalue weighted by molar-refractivity contribution is 6.17. The van der Waals surface area contributed by atoms with E-state index in [0.717, 1.165) is 27.2 Å². The number of fused-ring (bicyclic) bond motifs is 4. The van der Waals surface area contributed by atoms with E-state index in [1.807, 2.05) is 43.6 Å². The van der Waals surface area contributed by atoms with Gasteiger partial charge in [0.15, 0.2) is 0 Å². The number of aryl methyl sites for hydroxylation is 2. The van der Waals surface area contributed by atoms with E-state index >= 15 is 0 Å². The molecule has 0 unspecified atom stereocenters. The van der Waals surface area contributed by atoms with Gasteiger partial charge in [-0.15, -0.1) is 0 Å². The lowest BCUT2D eigenvalue weighted by molar-refractivity contribution is 0.0526. The zero-order valence-electron chi connectivity index (χ0n) is 13.9. The molecule has 4 nitrogen and oxygen atoms in total. The summed E-state index contributed by atoms with van der Waals surface area (Å²) in [5.74, 6) is -0.284. The number of rotatable bonds is 2. The SMILES string of the molecule is CCOC(=O)c1ccc2[nH]c3c(C)c4cnccc4c(C)c3c2c1. The fraction of sp³-hybridized carbons (Fsp3) is 0.200. The van der Waals surface area contributed by atoms with Gasteiger partial charge in [0.1, 0.15) is 0 Å². The third kappa shape index (κ3) is 1.99. The third-order valence-corrected chi connectivity index (χ3v) is 4.69. The first kappa shape index (κ1) is 14.7. The van der Waals surface area contributed by atoms with E-state index in [0.29, 0.717) is 12.2 Å². The van der Waals surface area contributed by atoms with E-state index in [-0.39, 0.29) is 5.97 Å². The van der Waals surface area contributed by atoms with Gasteiger partial charge in [-0.3, -0.25) is 4.98 Å². The van der Waals surface area contributed by atoms with Crippen molar-refractivity contribution in [3.05, 3.63) is 53.3 Å². The molecule has 2 heterocycles. The van der Waals surface area contributed by atoms with Crippen LogP contribution in [0.5, 0.6) is 0 Å². The molecule has 0 radical (unpaired) electrons. The summed E-state index contributed by atoms with van der Waals surface area (Å²) in [7, 11) is 0. The van der Waals surface area contributed by atoms with Crippen LogP contribution in [0.1, 0.15) is 28.4 Å². The highest BCUT2D eigenvalue weighted by Crippen LogP contribution is 2.36. The number of aromatic nitrogens is 2. The lowest BCUT2D eigenvalue weighted by Crippen LogP contribution is -2.03. The maximum Gasteiger partial charge on any atom is 0.338 e. The number of H-pyrrole nitrogens is 1. The Hall–Kier alpha value is -2.88. The Morgan fingerprint density at radius 2 is 1.96 bits per heavy atom. The number of pyridine rings is 1. The van der Waals surface area contributed by atoms with Crippen molar-refractivity contribution in [1.29, 1.82) is 0 Å². The Kier molecular flexibility index (Phi) is 3.27. The number of esters is 1. The van der Waals surface area contributed by atoms with Gasteiger partial charge in [-0.2, -0.15) is 0 Å². The van der Waals surface area contributed by atoms with Crippen LogP contribution in [0.25, 0.3) is 32.6 Å². The van der Waals surface area contributed by atoms with Crippen molar-refractivity contribution in [3.8, 4) is 0 Å². The van der Waals surface area contributed by atoms with Crippen molar-refractivity contribution >= 4 is 38.5 Å². The predicted molar refractivity (Wildman–Crippen MR) is 96.5 cm³/mol. The maximum absolute atomic E-state index is 12.1. The molecule has 0 bridgehead atoms. The fourth-order valence-corrected chi connectivity index (χ4v) is 3.49. The molecule has 1 N–H and O–H groups in total. The van der Waals surface area contributed by atoms with Crippen LogP contribution in [0, 0.1) is 13.8 Å². The molecular formula is C20H18N2O2. The number of carbonyl (C=O) groups excluding carboxylic acids is 1. The zero-order valence-corrected chi connectivity index (χ0v) is 13.9. The number of benzene rings is 2. The molecule has 0 saturated heterocycles. The Morgan fingerprint density at radius 1 is 1.12 bits per heavy atom. The average molecular weight is 318 g/mol. The summed E-state index contributed by atoms with van der Waals surface area (Å²) < 4.78 is 5.13. The molecule has 0 aliphatic rings. The number of hydrogen-bond acceptors (Lipinski definition) is 3. The molecule has 0 spiro atoms. The largest absolute Gasteiger partial charge is 0.462 e. The van der Waals surface area contributed by atoms with Gasteiger partial charge >= 0.3 is 5.97 Å². The molecule has 4 heteroatoms. The van der Waals surface area contributed by atoms with Gasteiger partial charge < -0.3 is 9.72 Å². The standard InChI is InChI=1S/C20H18N2O2/c1-4-24-20(23)13-5-6-17-15(9-13)18-11(2)14-7-8-21-10-16(14)12(3)19(18)22-17/h5-10,22H,4H2,1-3H3. The third-order valence-electron chi connectivity index (χ3n) is 4.69. The first-order valence-electron chi connectivity index (χ1n) is 8.07. The summed E-state index contributed by atoms with van der Waals surface area (Å²) >= 11 is 0. The van der Waals surface area contributed by atoms with Crippen molar-refractivity contribution in [2.45, 2.75) is 20.8 Å². The Balaban J connectivity index is 2.11. The van der Waals surface area contributed by atoms with Crippen LogP contribution < -0.4 is 0 Å². The molecule has 120 valence electrons. The molecule has 0 fully saturated rings. The summed E-state index contributed by atoms with van der Waals surface area (Å²) in [6.45, 7) is 6.41. The quantitative estimate of drug-likeness (QED) is 0.547. The van der Waals surface area contributed by atoms with Gasteiger partial charge in [-0.1, -0.05) is 0 Å². The maximum atomic E-state index is 12.1. The highest BCUT2D eigenvalue weighted by Gasteiger charge is 2.16. The van der Waals surface area contributed by atoms with Gasteiger partial charge in [0.25, 0.3) is 0 Å². The van der Waals surface area contributed by atoms with Gasteiger partial charge in [0.05, 0.1) is 17.7 Å². The lowest BCUT2D eigenvalue weighted by Gasteiger charge is -2.08. The number of nitrogens with one attached hydrogen (secondary N) is 1. The minimum atomic E-state index is -0.284. The summed E-state index contributed by atoms with van der Waals surface area (Å²) in [6, 6.07) is 7.72. The molecule has 2 aromatic carbocycles. The number of carbonyl (C=O) groups is 1. The van der Waals surface area contributed by atoms with Crippen molar-refractivity contribution < 1.29 is 9.53 Å². The van der Waals surface area contributed by atoms with E-state index in [1.54, 1.807) is 0 Å². The van der Waals surface area contributed by atoms with Crippen LogP contribution in [0.15, 0.2) is 36.7 Å². The first-order chi connectivity index (χ1) is 11.6. The predicted octanol–water partition coefficient (Wildman–Crippen LogP) is 4.66. The normalized spacial score (nSPS) is 11.5. The summed E-state index contributed by atoms with van der Waals surface area (Å²) in [4.78, 5) is 19.8. The van der Waals surface area contributed by atoms with Crippen LogP contribution in [-0.2, 0) is 4.74 Å². The average Bonchev–Trinajstić information content (AvgIpc) is 2.99. The molecule has 0 saturated carbocycles. The van der Waals surface area contributed by atoms with Crippen LogP contribution in [0.3, 0.4) is 0 Å². The summed E-state index contributed by atoms with van der Waals surface area (Å²) in [6.07, 6.45) is 3.73. The second-order valence-electron chi connectivity index (χ2n) is 6.03. The van der Waals surface area contributed by atoms with E-state index in [9.17, 15) is 4.79 Å². The topological polar surface area (TPSA) is 55.0 Å². The molecule has 2 aromatic heterocycles. The van der Waals surface area contributed by atoms with Crippen LogP contribution in [0.2, 0.25) is 0 Å². The fourth-order valence-electron chi connectivity index (χ4n) is 3.49. The van der Waals surface area contributed by atoms with Crippen molar-refractivity contribution in [2.75, 3.05) is 6.61 Å². The van der Waals surface area contributed by atoms with Crippen molar-refractivity contribution in [1.82, 2.24) is 9.97 Å². The first-order valence-corrected chi connectivity index (χ1v) is 8.07. The molecular weight excluding hydrogens is 300 g/mol. The van der Waals surface area contributed by atoms with E-state index in [2.05, 4.69) is 23.8 Å². The molecule has 0 aliphatic heterocycles. The summed E-state index contributed by atoms with van der Waals surface area (Å²) in [5, 5.41) is 4.55. The van der Waals surface area contributed by atoms with E-state index in [4.69, 9.17) is 4.74 Å². The molecule has 0 amide bonds. The smallest absolute Gasteiger partial charge is 0.338 e. The molecule has 24 heavy (non-hydrogen) atoms. The van der Waals surface area contributed by atoms with Crippen LogP contribution in [0.4, 0.5) is 0 Å². The number of nitrogens with zero attached hydrogens (tertiary/aromatic N) is 1. The number of ether oxygens (including phenoxy) is 1. The number of aromatic amines is 1. The Labute approximate surface area is 139 Å². The monoisotopic (exact) mass is 318 g/mol. The van der Waals surface area contributed by atoms with Crippen LogP contribution >= 0.6 is 0 Å². The van der Waals surface area contributed by atoms with Gasteiger partial charge in [0, 0.05) is 34.1 Å².